The number of amides is 1. The van der Waals surface area contributed by atoms with Crippen molar-refractivity contribution in [3.8, 4) is 0 Å². The Morgan fingerprint density at radius 3 is 3.00 bits per heavy atom. The first-order valence-electron chi connectivity index (χ1n) is 6.21. The summed E-state index contributed by atoms with van der Waals surface area (Å²) in [6.07, 6.45) is 0.834. The van der Waals surface area contributed by atoms with Crippen LogP contribution in [0.25, 0.3) is 10.1 Å². The van der Waals surface area contributed by atoms with Gasteiger partial charge in [-0.1, -0.05) is 34.1 Å². The van der Waals surface area contributed by atoms with E-state index in [1.54, 1.807) is 11.3 Å². The number of fused-ring (bicyclic) bond motifs is 1. The molecule has 3 nitrogen and oxygen atoms in total. The highest BCUT2D eigenvalue weighted by atomic mass is 79.9. The lowest BCUT2D eigenvalue weighted by atomic mass is 10.1. The van der Waals surface area contributed by atoms with Crippen molar-refractivity contribution >= 4 is 43.3 Å². The standard InChI is InChI=1S/C14H16BrNO2S/c15-6-9-18-8-3-7-16-14(17)12-10-19-13-5-2-1-4-11(12)13/h1-2,4-5,10H,3,6-9H2,(H,16,17). The van der Waals surface area contributed by atoms with Gasteiger partial charge in [0.15, 0.2) is 0 Å². The van der Waals surface area contributed by atoms with Gasteiger partial charge in [-0.25, -0.2) is 0 Å². The molecule has 0 atom stereocenters. The lowest BCUT2D eigenvalue weighted by Crippen LogP contribution is -2.25. The molecular weight excluding hydrogens is 326 g/mol. The van der Waals surface area contributed by atoms with Crippen LogP contribution < -0.4 is 5.32 Å². The van der Waals surface area contributed by atoms with Crippen molar-refractivity contribution in [2.75, 3.05) is 25.1 Å². The minimum absolute atomic E-state index is 0.00191. The largest absolute Gasteiger partial charge is 0.381 e. The van der Waals surface area contributed by atoms with Crippen LogP contribution >= 0.6 is 27.3 Å². The highest BCUT2D eigenvalue weighted by Gasteiger charge is 2.10. The Morgan fingerprint density at radius 2 is 2.16 bits per heavy atom. The van der Waals surface area contributed by atoms with Gasteiger partial charge in [-0.3, -0.25) is 4.79 Å². The van der Waals surface area contributed by atoms with Crippen LogP contribution in [0, 0.1) is 0 Å². The van der Waals surface area contributed by atoms with E-state index in [2.05, 4.69) is 21.2 Å². The normalized spacial score (nSPS) is 10.8. The van der Waals surface area contributed by atoms with Gasteiger partial charge in [0.1, 0.15) is 0 Å². The van der Waals surface area contributed by atoms with Gasteiger partial charge in [0.2, 0.25) is 0 Å². The van der Waals surface area contributed by atoms with Crippen molar-refractivity contribution < 1.29 is 9.53 Å². The van der Waals surface area contributed by atoms with Crippen molar-refractivity contribution in [2.24, 2.45) is 0 Å². The summed E-state index contributed by atoms with van der Waals surface area (Å²) in [6.45, 7) is 2.03. The van der Waals surface area contributed by atoms with E-state index in [9.17, 15) is 4.79 Å². The molecule has 0 aliphatic heterocycles. The molecule has 0 saturated heterocycles. The van der Waals surface area contributed by atoms with Crippen LogP contribution in [-0.2, 0) is 4.74 Å². The Kier molecular flexibility index (Phi) is 5.82. The number of rotatable bonds is 7. The molecule has 0 saturated carbocycles. The SMILES string of the molecule is O=C(NCCCOCCBr)c1csc2ccccc12. The summed E-state index contributed by atoms with van der Waals surface area (Å²) in [7, 11) is 0. The Bertz CT molecular complexity index is 541. The third kappa shape index (κ3) is 4.03. The second-order valence-corrected chi connectivity index (χ2v) is 5.76. The predicted octanol–water partition coefficient (Wildman–Crippen LogP) is 3.43. The monoisotopic (exact) mass is 341 g/mol. The number of ether oxygens (including phenoxy) is 1. The first-order chi connectivity index (χ1) is 9.33. The zero-order valence-electron chi connectivity index (χ0n) is 10.5. The molecule has 1 heterocycles. The van der Waals surface area contributed by atoms with Crippen molar-refractivity contribution in [1.29, 1.82) is 0 Å². The molecule has 102 valence electrons. The van der Waals surface area contributed by atoms with Gasteiger partial charge in [0.05, 0.1) is 12.2 Å². The first kappa shape index (κ1) is 14.5. The molecule has 1 N–H and O–H groups in total. The molecule has 0 bridgehead atoms. The summed E-state index contributed by atoms with van der Waals surface area (Å²) in [4.78, 5) is 12.1. The van der Waals surface area contributed by atoms with Gasteiger partial charge in [-0.05, 0) is 12.5 Å². The second-order valence-electron chi connectivity index (χ2n) is 4.06. The number of nitrogens with one attached hydrogen (secondary N) is 1. The average molecular weight is 342 g/mol. The molecule has 0 unspecified atom stereocenters. The molecule has 2 aromatic rings. The maximum atomic E-state index is 12.1. The average Bonchev–Trinajstić information content (AvgIpc) is 2.86. The number of carbonyl (C=O) groups is 1. The fourth-order valence-corrected chi connectivity index (χ4v) is 2.95. The minimum atomic E-state index is -0.00191. The number of thiophene rings is 1. The van der Waals surface area contributed by atoms with Crippen LogP contribution in [0.2, 0.25) is 0 Å². The fourth-order valence-electron chi connectivity index (χ4n) is 1.78. The number of hydrogen-bond acceptors (Lipinski definition) is 3. The van der Waals surface area contributed by atoms with Crippen molar-refractivity contribution in [2.45, 2.75) is 6.42 Å². The second kappa shape index (κ2) is 7.62. The number of alkyl halides is 1. The number of benzene rings is 1. The molecule has 1 aromatic heterocycles. The van der Waals surface area contributed by atoms with E-state index in [-0.39, 0.29) is 5.91 Å². The smallest absolute Gasteiger partial charge is 0.252 e. The van der Waals surface area contributed by atoms with E-state index in [1.165, 1.54) is 0 Å². The van der Waals surface area contributed by atoms with Gasteiger partial charge in [-0.2, -0.15) is 0 Å². The highest BCUT2D eigenvalue weighted by Crippen LogP contribution is 2.25. The first-order valence-corrected chi connectivity index (χ1v) is 8.21. The topological polar surface area (TPSA) is 38.3 Å². The Balaban J connectivity index is 1.83. The third-order valence-electron chi connectivity index (χ3n) is 2.70. The van der Waals surface area contributed by atoms with Crippen molar-refractivity contribution in [3.05, 3.63) is 35.2 Å². The van der Waals surface area contributed by atoms with Crippen LogP contribution in [0.15, 0.2) is 29.6 Å². The van der Waals surface area contributed by atoms with E-state index in [0.29, 0.717) is 19.8 Å². The molecule has 0 spiro atoms. The predicted molar refractivity (Wildman–Crippen MR) is 83.4 cm³/mol. The molecule has 1 aromatic carbocycles. The van der Waals surface area contributed by atoms with Gasteiger partial charge in [0.25, 0.3) is 5.91 Å². The molecular formula is C14H16BrNO2S. The van der Waals surface area contributed by atoms with Gasteiger partial charge in [0, 0.05) is 33.9 Å². The Hall–Kier alpha value is -0.910. The Labute approximate surface area is 125 Å². The molecule has 0 radical (unpaired) electrons. The number of hydrogen-bond donors (Lipinski definition) is 1. The summed E-state index contributed by atoms with van der Waals surface area (Å²) in [5.41, 5.74) is 0.766. The van der Waals surface area contributed by atoms with E-state index >= 15 is 0 Å². The molecule has 5 heteroatoms. The van der Waals surface area contributed by atoms with E-state index in [4.69, 9.17) is 4.74 Å². The molecule has 2 rings (SSSR count). The van der Waals surface area contributed by atoms with Crippen molar-refractivity contribution in [3.63, 3.8) is 0 Å². The lowest BCUT2D eigenvalue weighted by molar-refractivity contribution is 0.0946. The van der Waals surface area contributed by atoms with Crippen LogP contribution in [0.3, 0.4) is 0 Å². The van der Waals surface area contributed by atoms with Crippen molar-refractivity contribution in [1.82, 2.24) is 5.32 Å². The van der Waals surface area contributed by atoms with Crippen LogP contribution in [0.5, 0.6) is 0 Å². The minimum Gasteiger partial charge on any atom is -0.381 e. The summed E-state index contributed by atoms with van der Waals surface area (Å²) in [5.74, 6) is -0.00191. The third-order valence-corrected chi connectivity index (χ3v) is 3.99. The fraction of sp³-hybridized carbons (Fsp3) is 0.357. The van der Waals surface area contributed by atoms with Crippen LogP contribution in [-0.4, -0.2) is 31.0 Å². The van der Waals surface area contributed by atoms with Crippen LogP contribution in [0.1, 0.15) is 16.8 Å². The summed E-state index contributed by atoms with van der Waals surface area (Å²) < 4.78 is 6.48. The quantitative estimate of drug-likeness (QED) is 0.618. The molecule has 0 aliphatic rings. The summed E-state index contributed by atoms with van der Waals surface area (Å²) >= 11 is 4.90. The van der Waals surface area contributed by atoms with E-state index in [0.717, 1.165) is 27.4 Å². The molecule has 0 aliphatic carbocycles. The molecule has 1 amide bonds. The van der Waals surface area contributed by atoms with Gasteiger partial charge < -0.3 is 10.1 Å². The zero-order valence-corrected chi connectivity index (χ0v) is 12.9. The summed E-state index contributed by atoms with van der Waals surface area (Å²) in [6, 6.07) is 7.96. The van der Waals surface area contributed by atoms with Gasteiger partial charge in [-0.15, -0.1) is 11.3 Å². The van der Waals surface area contributed by atoms with Gasteiger partial charge >= 0.3 is 0 Å². The Morgan fingerprint density at radius 1 is 1.32 bits per heavy atom. The number of halogens is 1. The van der Waals surface area contributed by atoms with Crippen LogP contribution in [0.4, 0.5) is 0 Å². The highest BCUT2D eigenvalue weighted by molar-refractivity contribution is 9.09. The summed E-state index contributed by atoms with van der Waals surface area (Å²) in [5, 5.41) is 6.72. The molecule has 19 heavy (non-hydrogen) atoms. The van der Waals surface area contributed by atoms with E-state index in [1.807, 2.05) is 29.6 Å². The molecule has 0 fully saturated rings. The maximum absolute atomic E-state index is 12.1. The van der Waals surface area contributed by atoms with E-state index < -0.39 is 0 Å². The lowest BCUT2D eigenvalue weighted by Gasteiger charge is -2.05. The maximum Gasteiger partial charge on any atom is 0.252 e. The zero-order chi connectivity index (χ0) is 13.5. The number of carbonyl (C=O) groups excluding carboxylic acids is 1.